The number of hydrogen-bond donors (Lipinski definition) is 2. The van der Waals surface area contributed by atoms with Crippen molar-refractivity contribution in [3.8, 4) is 5.88 Å². The lowest BCUT2D eigenvalue weighted by Crippen LogP contribution is -2.27. The van der Waals surface area contributed by atoms with Gasteiger partial charge in [0.2, 0.25) is 5.88 Å². The summed E-state index contributed by atoms with van der Waals surface area (Å²) in [4.78, 5) is 8.33. The number of aliphatic hydroxyl groups is 1. The number of nitrogens with one attached hydrogen (secondary N) is 1. The van der Waals surface area contributed by atoms with E-state index in [0.717, 1.165) is 0 Å². The minimum absolute atomic E-state index is 0.126. The van der Waals surface area contributed by atoms with E-state index in [1.807, 2.05) is 20.8 Å². The van der Waals surface area contributed by atoms with Crippen LogP contribution < -0.4 is 10.1 Å². The van der Waals surface area contributed by atoms with Gasteiger partial charge in [-0.05, 0) is 6.92 Å². The second-order valence-electron chi connectivity index (χ2n) is 4.52. The van der Waals surface area contributed by atoms with Gasteiger partial charge in [0.25, 0.3) is 0 Å². The molecular formula is C11H19N3O2. The Morgan fingerprint density at radius 3 is 2.69 bits per heavy atom. The number of methoxy groups -OCH3 is 1. The van der Waals surface area contributed by atoms with Crippen LogP contribution in [0.25, 0.3) is 0 Å². The van der Waals surface area contributed by atoms with E-state index in [-0.39, 0.29) is 12.0 Å². The molecular weight excluding hydrogens is 206 g/mol. The van der Waals surface area contributed by atoms with Gasteiger partial charge in [0, 0.05) is 24.6 Å². The molecule has 1 heterocycles. The smallest absolute Gasteiger partial charge is 0.218 e. The van der Waals surface area contributed by atoms with Crippen LogP contribution in [0.3, 0.4) is 0 Å². The highest BCUT2D eigenvalue weighted by molar-refractivity contribution is 5.38. The molecule has 1 aromatic rings. The topological polar surface area (TPSA) is 67.3 Å². The van der Waals surface area contributed by atoms with Crippen molar-refractivity contribution in [1.29, 1.82) is 0 Å². The Labute approximate surface area is 95.9 Å². The number of aryl methyl sites for hydroxylation is 1. The summed E-state index contributed by atoms with van der Waals surface area (Å²) < 4.78 is 5.05. The molecule has 0 aliphatic carbocycles. The lowest BCUT2D eigenvalue weighted by Gasteiger charge is -2.22. The molecule has 0 aliphatic heterocycles. The predicted octanol–water partition coefficient (Wildman–Crippen LogP) is 1.22. The monoisotopic (exact) mass is 225 g/mol. The Morgan fingerprint density at radius 2 is 2.12 bits per heavy atom. The summed E-state index contributed by atoms with van der Waals surface area (Å²) >= 11 is 0. The zero-order valence-corrected chi connectivity index (χ0v) is 10.2. The predicted molar refractivity (Wildman–Crippen MR) is 62.7 cm³/mol. The Morgan fingerprint density at radius 1 is 1.44 bits per heavy atom. The van der Waals surface area contributed by atoms with Crippen molar-refractivity contribution in [2.45, 2.75) is 20.8 Å². The van der Waals surface area contributed by atoms with Crippen molar-refractivity contribution >= 4 is 5.82 Å². The molecule has 5 nitrogen and oxygen atoms in total. The fourth-order valence-electron chi connectivity index (χ4n) is 1.12. The van der Waals surface area contributed by atoms with Gasteiger partial charge in [0.15, 0.2) is 0 Å². The molecule has 0 bridgehead atoms. The fourth-order valence-corrected chi connectivity index (χ4v) is 1.12. The third-order valence-corrected chi connectivity index (χ3v) is 2.20. The number of rotatable bonds is 5. The molecule has 0 radical (unpaired) electrons. The van der Waals surface area contributed by atoms with Crippen molar-refractivity contribution in [2.24, 2.45) is 5.41 Å². The highest BCUT2D eigenvalue weighted by Crippen LogP contribution is 2.17. The highest BCUT2D eigenvalue weighted by Gasteiger charge is 2.16. The lowest BCUT2D eigenvalue weighted by atomic mass is 9.95. The Kier molecular flexibility index (Phi) is 4.06. The van der Waals surface area contributed by atoms with Crippen molar-refractivity contribution in [3.63, 3.8) is 0 Å². The van der Waals surface area contributed by atoms with E-state index in [2.05, 4.69) is 15.3 Å². The van der Waals surface area contributed by atoms with Gasteiger partial charge in [-0.15, -0.1) is 0 Å². The molecule has 16 heavy (non-hydrogen) atoms. The Hall–Kier alpha value is -1.36. The molecule has 0 amide bonds. The SMILES string of the molecule is COc1cc(NCC(C)(C)CO)nc(C)n1. The van der Waals surface area contributed by atoms with E-state index in [1.165, 1.54) is 0 Å². The van der Waals surface area contributed by atoms with Crippen LogP contribution in [-0.2, 0) is 0 Å². The van der Waals surface area contributed by atoms with Crippen LogP contribution in [0.15, 0.2) is 6.07 Å². The molecule has 0 spiro atoms. The van der Waals surface area contributed by atoms with Gasteiger partial charge in [-0.25, -0.2) is 4.98 Å². The molecule has 0 fully saturated rings. The molecule has 0 unspecified atom stereocenters. The number of aliphatic hydroxyl groups excluding tert-OH is 1. The van der Waals surface area contributed by atoms with Crippen LogP contribution in [0, 0.1) is 12.3 Å². The van der Waals surface area contributed by atoms with Gasteiger partial charge in [0.05, 0.1) is 7.11 Å². The molecule has 5 heteroatoms. The third kappa shape index (κ3) is 3.66. The first kappa shape index (κ1) is 12.7. The number of aromatic nitrogens is 2. The summed E-state index contributed by atoms with van der Waals surface area (Å²) in [5, 5.41) is 12.3. The average molecular weight is 225 g/mol. The van der Waals surface area contributed by atoms with Crippen LogP contribution in [0.4, 0.5) is 5.82 Å². The summed E-state index contributed by atoms with van der Waals surface area (Å²) in [5.74, 6) is 1.91. The number of nitrogens with zero attached hydrogens (tertiary/aromatic N) is 2. The van der Waals surface area contributed by atoms with Crippen molar-refractivity contribution in [2.75, 3.05) is 25.6 Å². The standard InChI is InChI=1S/C11H19N3O2/c1-8-13-9(5-10(14-8)16-4)12-6-11(2,3)7-15/h5,15H,6-7H2,1-4H3,(H,12,13,14). The summed E-state index contributed by atoms with van der Waals surface area (Å²) in [6.45, 7) is 6.53. The van der Waals surface area contributed by atoms with E-state index in [0.29, 0.717) is 24.1 Å². The minimum Gasteiger partial charge on any atom is -0.481 e. The first-order chi connectivity index (χ1) is 7.46. The molecule has 90 valence electrons. The summed E-state index contributed by atoms with van der Waals surface area (Å²) in [6, 6.07) is 1.74. The van der Waals surface area contributed by atoms with Gasteiger partial charge in [-0.3, -0.25) is 0 Å². The highest BCUT2D eigenvalue weighted by atomic mass is 16.5. The Bertz CT molecular complexity index is 353. The summed E-state index contributed by atoms with van der Waals surface area (Å²) in [7, 11) is 1.57. The molecule has 2 N–H and O–H groups in total. The number of ether oxygens (including phenoxy) is 1. The van der Waals surface area contributed by atoms with E-state index in [9.17, 15) is 0 Å². The van der Waals surface area contributed by atoms with E-state index < -0.39 is 0 Å². The van der Waals surface area contributed by atoms with Gasteiger partial charge in [-0.1, -0.05) is 13.8 Å². The third-order valence-electron chi connectivity index (χ3n) is 2.20. The zero-order valence-electron chi connectivity index (χ0n) is 10.2. The largest absolute Gasteiger partial charge is 0.481 e. The second kappa shape index (κ2) is 5.12. The molecule has 0 aromatic carbocycles. The van der Waals surface area contributed by atoms with Gasteiger partial charge in [0.1, 0.15) is 11.6 Å². The minimum atomic E-state index is -0.175. The van der Waals surface area contributed by atoms with Crippen LogP contribution in [-0.4, -0.2) is 35.3 Å². The Balaban J connectivity index is 2.70. The first-order valence-corrected chi connectivity index (χ1v) is 5.21. The molecule has 1 aromatic heterocycles. The van der Waals surface area contributed by atoms with Gasteiger partial charge >= 0.3 is 0 Å². The van der Waals surface area contributed by atoms with Crippen LogP contribution >= 0.6 is 0 Å². The van der Waals surface area contributed by atoms with Crippen molar-refractivity contribution in [1.82, 2.24) is 9.97 Å². The maximum absolute atomic E-state index is 9.13. The molecule has 0 aliphatic rings. The lowest BCUT2D eigenvalue weighted by molar-refractivity contribution is 0.170. The maximum atomic E-state index is 9.13. The first-order valence-electron chi connectivity index (χ1n) is 5.21. The van der Waals surface area contributed by atoms with Crippen LogP contribution in [0.1, 0.15) is 19.7 Å². The normalized spacial score (nSPS) is 11.3. The molecule has 0 saturated heterocycles. The summed E-state index contributed by atoms with van der Waals surface area (Å²) in [5.41, 5.74) is -0.175. The zero-order chi connectivity index (χ0) is 12.2. The molecule has 0 atom stereocenters. The molecule has 1 rings (SSSR count). The summed E-state index contributed by atoms with van der Waals surface area (Å²) in [6.07, 6.45) is 0. The van der Waals surface area contributed by atoms with E-state index in [1.54, 1.807) is 13.2 Å². The average Bonchev–Trinajstić information content (AvgIpc) is 2.26. The number of hydrogen-bond acceptors (Lipinski definition) is 5. The molecule has 0 saturated carbocycles. The second-order valence-corrected chi connectivity index (χ2v) is 4.52. The fraction of sp³-hybridized carbons (Fsp3) is 0.636. The van der Waals surface area contributed by atoms with E-state index >= 15 is 0 Å². The van der Waals surface area contributed by atoms with Gasteiger partial charge < -0.3 is 15.2 Å². The van der Waals surface area contributed by atoms with Gasteiger partial charge in [-0.2, -0.15) is 4.98 Å². The van der Waals surface area contributed by atoms with Crippen LogP contribution in [0.2, 0.25) is 0 Å². The quantitative estimate of drug-likeness (QED) is 0.788. The van der Waals surface area contributed by atoms with E-state index in [4.69, 9.17) is 9.84 Å². The number of anilines is 1. The van der Waals surface area contributed by atoms with Crippen LogP contribution in [0.5, 0.6) is 5.88 Å². The van der Waals surface area contributed by atoms with Crippen molar-refractivity contribution < 1.29 is 9.84 Å². The van der Waals surface area contributed by atoms with Crippen molar-refractivity contribution in [3.05, 3.63) is 11.9 Å². The maximum Gasteiger partial charge on any atom is 0.218 e.